The molecule has 0 aromatic heterocycles. The van der Waals surface area contributed by atoms with E-state index >= 15 is 0 Å². The molecule has 2 aromatic rings. The van der Waals surface area contributed by atoms with Crippen LogP contribution in [-0.2, 0) is 4.79 Å². The number of nitrogens with one attached hydrogen (secondary N) is 1. The van der Waals surface area contributed by atoms with Gasteiger partial charge in [-0.2, -0.15) is 0 Å². The summed E-state index contributed by atoms with van der Waals surface area (Å²) >= 11 is 0. The number of amides is 3. The first-order chi connectivity index (χ1) is 15.7. The third-order valence-corrected chi connectivity index (χ3v) is 5.43. The van der Waals surface area contributed by atoms with Crippen LogP contribution < -0.4 is 5.32 Å². The lowest BCUT2D eigenvalue weighted by Gasteiger charge is -2.37. The van der Waals surface area contributed by atoms with Gasteiger partial charge in [0.05, 0.1) is 16.5 Å². The molecule has 33 heavy (non-hydrogen) atoms. The monoisotopic (exact) mass is 452 g/mol. The van der Waals surface area contributed by atoms with Gasteiger partial charge >= 0.3 is 12.0 Å². The Balaban J connectivity index is 1.83. The van der Waals surface area contributed by atoms with E-state index in [1.54, 1.807) is 37.4 Å². The summed E-state index contributed by atoms with van der Waals surface area (Å²) in [5.74, 6) is -1.40. The van der Waals surface area contributed by atoms with Crippen LogP contribution in [0, 0.1) is 10.1 Å². The summed E-state index contributed by atoms with van der Waals surface area (Å²) in [6.07, 6.45) is 0.375. The van der Waals surface area contributed by atoms with E-state index in [9.17, 15) is 29.6 Å². The minimum Gasteiger partial charge on any atom is -0.478 e. The van der Waals surface area contributed by atoms with Gasteiger partial charge in [-0.05, 0) is 31.0 Å². The minimum atomic E-state index is -1.23. The zero-order chi connectivity index (χ0) is 24.1. The zero-order valence-corrected chi connectivity index (χ0v) is 18.2. The second kappa shape index (κ2) is 9.94. The number of aliphatic carboxylic acids is 1. The Morgan fingerprint density at radius 2 is 1.88 bits per heavy atom. The molecule has 0 aliphatic carbocycles. The van der Waals surface area contributed by atoms with Crippen molar-refractivity contribution in [2.45, 2.75) is 19.4 Å². The van der Waals surface area contributed by atoms with Crippen molar-refractivity contribution in [2.24, 2.45) is 0 Å². The zero-order valence-electron chi connectivity index (χ0n) is 18.2. The normalized spacial score (nSPS) is 15.8. The minimum absolute atomic E-state index is 0.0659. The van der Waals surface area contributed by atoms with Crippen LogP contribution in [0.3, 0.4) is 0 Å². The molecule has 2 aromatic carbocycles. The molecule has 0 bridgehead atoms. The van der Waals surface area contributed by atoms with E-state index in [1.165, 1.54) is 34.9 Å². The van der Waals surface area contributed by atoms with Gasteiger partial charge < -0.3 is 20.2 Å². The van der Waals surface area contributed by atoms with Crippen LogP contribution >= 0.6 is 0 Å². The molecular weight excluding hydrogens is 428 g/mol. The van der Waals surface area contributed by atoms with Gasteiger partial charge in [-0.3, -0.25) is 14.9 Å². The third-order valence-electron chi connectivity index (χ3n) is 5.43. The summed E-state index contributed by atoms with van der Waals surface area (Å²) in [5, 5.41) is 23.6. The maximum Gasteiger partial charge on any atom is 0.335 e. The number of carboxylic acids is 1. The number of allylic oxidation sites excluding steroid dienone is 1. The van der Waals surface area contributed by atoms with Crippen LogP contribution in [-0.4, -0.2) is 57.9 Å². The fraction of sp³-hybridized carbons (Fsp3) is 0.261. The summed E-state index contributed by atoms with van der Waals surface area (Å²) < 4.78 is 0. The van der Waals surface area contributed by atoms with Gasteiger partial charge in [0.25, 0.3) is 11.6 Å². The van der Waals surface area contributed by atoms with E-state index in [4.69, 9.17) is 0 Å². The van der Waals surface area contributed by atoms with E-state index in [2.05, 4.69) is 5.32 Å². The number of urea groups is 1. The van der Waals surface area contributed by atoms with Crippen molar-refractivity contribution in [1.29, 1.82) is 0 Å². The number of hydrogen-bond acceptors (Lipinski definition) is 5. The molecule has 0 saturated carbocycles. The van der Waals surface area contributed by atoms with Gasteiger partial charge in [-0.25, -0.2) is 9.59 Å². The molecule has 3 amide bonds. The quantitative estimate of drug-likeness (QED) is 0.467. The number of carbonyl (C=O) groups excluding carboxylic acids is 2. The maximum absolute atomic E-state index is 12.8. The van der Waals surface area contributed by atoms with Gasteiger partial charge in [0.2, 0.25) is 0 Å². The van der Waals surface area contributed by atoms with E-state index in [0.29, 0.717) is 24.1 Å². The fourth-order valence-electron chi connectivity index (χ4n) is 3.82. The average Bonchev–Trinajstić information content (AvgIpc) is 2.79. The van der Waals surface area contributed by atoms with E-state index in [-0.39, 0.29) is 29.4 Å². The van der Waals surface area contributed by atoms with Crippen molar-refractivity contribution in [3.8, 4) is 0 Å². The first kappa shape index (κ1) is 23.5. The Hall–Kier alpha value is -4.21. The second-order valence-electron chi connectivity index (χ2n) is 7.67. The lowest BCUT2D eigenvalue weighted by atomic mass is 9.93. The molecule has 0 fully saturated rings. The third kappa shape index (κ3) is 5.17. The van der Waals surface area contributed by atoms with Crippen LogP contribution in [0.25, 0.3) is 0 Å². The largest absolute Gasteiger partial charge is 0.478 e. The second-order valence-corrected chi connectivity index (χ2v) is 7.67. The molecule has 1 aliphatic heterocycles. The van der Waals surface area contributed by atoms with Crippen molar-refractivity contribution in [2.75, 3.05) is 20.1 Å². The summed E-state index contributed by atoms with van der Waals surface area (Å²) in [6.45, 7) is 1.94. The summed E-state index contributed by atoms with van der Waals surface area (Å²) in [7, 11) is 1.65. The van der Waals surface area contributed by atoms with E-state index in [0.717, 1.165) is 0 Å². The Bertz CT molecular complexity index is 1110. The van der Waals surface area contributed by atoms with Crippen LogP contribution in [0.5, 0.6) is 0 Å². The molecule has 10 heteroatoms. The van der Waals surface area contributed by atoms with Crippen LogP contribution in [0.2, 0.25) is 0 Å². The fourth-order valence-corrected chi connectivity index (χ4v) is 3.82. The molecular formula is C23H24N4O6. The Labute approximate surface area is 190 Å². The number of hydrogen-bond donors (Lipinski definition) is 2. The molecule has 172 valence electrons. The molecule has 2 N–H and O–H groups in total. The molecule has 0 spiro atoms. The van der Waals surface area contributed by atoms with E-state index in [1.807, 2.05) is 6.07 Å². The number of benzene rings is 2. The predicted octanol–water partition coefficient (Wildman–Crippen LogP) is 3.18. The number of nitro groups is 1. The number of nitrogens with zero attached hydrogens (tertiary/aromatic N) is 3. The van der Waals surface area contributed by atoms with Crippen molar-refractivity contribution in [3.05, 3.63) is 87.1 Å². The number of non-ortho nitro benzene ring substituents is 1. The molecule has 3 rings (SSSR count). The number of carbonyl (C=O) groups is 3. The Morgan fingerprint density at radius 3 is 2.52 bits per heavy atom. The lowest BCUT2D eigenvalue weighted by Crippen LogP contribution is -2.49. The Morgan fingerprint density at radius 1 is 1.18 bits per heavy atom. The summed E-state index contributed by atoms with van der Waals surface area (Å²) in [6, 6.07) is 12.9. The first-order valence-electron chi connectivity index (χ1n) is 10.3. The predicted molar refractivity (Wildman–Crippen MR) is 119 cm³/mol. The molecule has 1 heterocycles. The molecule has 1 unspecified atom stereocenters. The summed E-state index contributed by atoms with van der Waals surface area (Å²) in [5.41, 5.74) is 0.774. The van der Waals surface area contributed by atoms with Crippen molar-refractivity contribution < 1.29 is 24.4 Å². The molecule has 0 radical (unpaired) electrons. The molecule has 0 saturated heterocycles. The smallest absolute Gasteiger partial charge is 0.335 e. The topological polar surface area (TPSA) is 133 Å². The van der Waals surface area contributed by atoms with Gasteiger partial charge in [0, 0.05) is 43.5 Å². The highest BCUT2D eigenvalue weighted by molar-refractivity contribution is 5.94. The van der Waals surface area contributed by atoms with Crippen LogP contribution in [0.15, 0.2) is 65.9 Å². The lowest BCUT2D eigenvalue weighted by molar-refractivity contribution is -0.384. The van der Waals surface area contributed by atoms with Crippen molar-refractivity contribution >= 4 is 23.6 Å². The van der Waals surface area contributed by atoms with Crippen LogP contribution in [0.4, 0.5) is 10.5 Å². The van der Waals surface area contributed by atoms with Crippen molar-refractivity contribution in [3.63, 3.8) is 0 Å². The Kier molecular flexibility index (Phi) is 7.07. The van der Waals surface area contributed by atoms with E-state index < -0.39 is 23.0 Å². The molecule has 1 atom stereocenters. The standard InChI is InChI=1S/C23H24N4O6/c1-15-19(22(29)30)20(17-10-6-11-18(14-17)27(32)33)26(23(31)24-15)13-7-12-25(2)21(28)16-8-4-3-5-9-16/h3-6,8-11,14,20H,7,12-13H2,1-2H3,(H,24,31)(H,29,30). The van der Waals surface area contributed by atoms with Gasteiger partial charge in [0.1, 0.15) is 0 Å². The summed E-state index contributed by atoms with van der Waals surface area (Å²) in [4.78, 5) is 50.9. The van der Waals surface area contributed by atoms with Gasteiger partial charge in [0.15, 0.2) is 0 Å². The van der Waals surface area contributed by atoms with Gasteiger partial charge in [-0.15, -0.1) is 0 Å². The van der Waals surface area contributed by atoms with Crippen molar-refractivity contribution in [1.82, 2.24) is 15.1 Å². The number of carboxylic acid groups (broad SMARTS) is 1. The first-order valence-corrected chi connectivity index (χ1v) is 10.3. The molecule has 10 nitrogen and oxygen atoms in total. The SMILES string of the molecule is CC1=C(C(=O)O)C(c2cccc([N+](=O)[O-])c2)N(CCCN(C)C(=O)c2ccccc2)C(=O)N1. The average molecular weight is 452 g/mol. The molecule has 1 aliphatic rings. The number of nitro benzene ring substituents is 1. The van der Waals surface area contributed by atoms with Gasteiger partial charge in [-0.1, -0.05) is 30.3 Å². The highest BCUT2D eigenvalue weighted by atomic mass is 16.6. The van der Waals surface area contributed by atoms with Crippen LogP contribution in [0.1, 0.15) is 35.3 Å². The highest BCUT2D eigenvalue weighted by Crippen LogP contribution is 2.35. The maximum atomic E-state index is 12.8. The highest BCUT2D eigenvalue weighted by Gasteiger charge is 2.38. The number of rotatable bonds is 8.